The third-order valence-electron chi connectivity index (χ3n) is 5.36. The molecule has 2 heterocycles. The van der Waals surface area contributed by atoms with E-state index in [0.717, 1.165) is 5.56 Å². The molecule has 7 heteroatoms. The largest absolute Gasteiger partial charge is 0.335 e. The van der Waals surface area contributed by atoms with Gasteiger partial charge in [-0.25, -0.2) is 9.97 Å². The molecule has 0 aliphatic carbocycles. The SMILES string of the molecule is C[C@@H]1CN(C(=O)c2ccccc2)CCN1C(=O)C(=O)c1ccc(-c2ncccn2)cc1. The summed E-state index contributed by atoms with van der Waals surface area (Å²) in [7, 11) is 0. The monoisotopic (exact) mass is 414 g/mol. The summed E-state index contributed by atoms with van der Waals surface area (Å²) in [6.45, 7) is 2.95. The summed E-state index contributed by atoms with van der Waals surface area (Å²) in [6, 6.07) is 17.2. The van der Waals surface area contributed by atoms with E-state index in [4.69, 9.17) is 0 Å². The normalized spacial score (nSPS) is 16.1. The number of benzene rings is 2. The van der Waals surface area contributed by atoms with Crippen LogP contribution in [0.2, 0.25) is 0 Å². The molecule has 31 heavy (non-hydrogen) atoms. The van der Waals surface area contributed by atoms with Crippen LogP contribution in [-0.2, 0) is 4.79 Å². The number of nitrogens with zero attached hydrogens (tertiary/aromatic N) is 4. The van der Waals surface area contributed by atoms with Gasteiger partial charge >= 0.3 is 0 Å². The van der Waals surface area contributed by atoms with Crippen LogP contribution in [0.4, 0.5) is 0 Å². The Morgan fingerprint density at radius 3 is 2.16 bits per heavy atom. The molecule has 0 spiro atoms. The minimum absolute atomic E-state index is 0.0652. The zero-order valence-corrected chi connectivity index (χ0v) is 17.1. The van der Waals surface area contributed by atoms with Crippen molar-refractivity contribution >= 4 is 17.6 Å². The second kappa shape index (κ2) is 8.87. The average Bonchev–Trinajstić information content (AvgIpc) is 2.84. The van der Waals surface area contributed by atoms with E-state index in [9.17, 15) is 14.4 Å². The highest BCUT2D eigenvalue weighted by Gasteiger charge is 2.33. The first-order valence-corrected chi connectivity index (χ1v) is 10.1. The van der Waals surface area contributed by atoms with Crippen molar-refractivity contribution in [3.05, 3.63) is 84.2 Å². The van der Waals surface area contributed by atoms with Crippen molar-refractivity contribution in [3.8, 4) is 11.4 Å². The van der Waals surface area contributed by atoms with Gasteiger partial charge in [0.2, 0.25) is 5.78 Å². The number of rotatable bonds is 4. The molecular formula is C24H22N4O3. The minimum atomic E-state index is -0.560. The molecule has 1 saturated heterocycles. The van der Waals surface area contributed by atoms with Crippen LogP contribution in [0.25, 0.3) is 11.4 Å². The van der Waals surface area contributed by atoms with E-state index < -0.39 is 11.7 Å². The number of hydrogen-bond acceptors (Lipinski definition) is 5. The molecule has 1 aliphatic heterocycles. The van der Waals surface area contributed by atoms with Crippen molar-refractivity contribution in [3.63, 3.8) is 0 Å². The first kappa shape index (κ1) is 20.4. The molecule has 7 nitrogen and oxygen atoms in total. The standard InChI is InChI=1S/C24H22N4O3/c1-17-16-27(23(30)20-6-3-2-4-7-20)14-15-28(17)24(31)21(29)18-8-10-19(11-9-18)22-25-12-5-13-26-22/h2-13,17H,14-16H2,1H3/t17-/m1/s1. The van der Waals surface area contributed by atoms with Crippen LogP contribution in [0, 0.1) is 0 Å². The Labute approximate surface area is 180 Å². The van der Waals surface area contributed by atoms with Crippen molar-refractivity contribution < 1.29 is 14.4 Å². The predicted molar refractivity (Wildman–Crippen MR) is 115 cm³/mol. The molecular weight excluding hydrogens is 392 g/mol. The van der Waals surface area contributed by atoms with Crippen LogP contribution in [0.5, 0.6) is 0 Å². The zero-order valence-electron chi connectivity index (χ0n) is 17.1. The summed E-state index contributed by atoms with van der Waals surface area (Å²) in [5.74, 6) is -0.622. The van der Waals surface area contributed by atoms with Gasteiger partial charge in [-0.1, -0.05) is 42.5 Å². The van der Waals surface area contributed by atoms with Crippen LogP contribution < -0.4 is 0 Å². The fourth-order valence-electron chi connectivity index (χ4n) is 3.68. The van der Waals surface area contributed by atoms with Gasteiger partial charge in [0.15, 0.2) is 5.82 Å². The molecule has 0 radical (unpaired) electrons. The van der Waals surface area contributed by atoms with Gasteiger partial charge in [-0.15, -0.1) is 0 Å². The number of aromatic nitrogens is 2. The summed E-state index contributed by atoms with van der Waals surface area (Å²) in [4.78, 5) is 49.9. The lowest BCUT2D eigenvalue weighted by molar-refractivity contribution is -0.130. The minimum Gasteiger partial charge on any atom is -0.335 e. The number of piperazine rings is 1. The molecule has 0 saturated carbocycles. The Balaban J connectivity index is 1.41. The maximum Gasteiger partial charge on any atom is 0.295 e. The van der Waals surface area contributed by atoms with E-state index in [1.807, 2.05) is 25.1 Å². The third kappa shape index (κ3) is 4.35. The van der Waals surface area contributed by atoms with Crippen LogP contribution >= 0.6 is 0 Å². The van der Waals surface area contributed by atoms with Crippen molar-refractivity contribution in [2.24, 2.45) is 0 Å². The number of amides is 2. The van der Waals surface area contributed by atoms with Gasteiger partial charge in [-0.2, -0.15) is 0 Å². The fraction of sp³-hybridized carbons (Fsp3) is 0.208. The van der Waals surface area contributed by atoms with Crippen LogP contribution in [-0.4, -0.2) is 63.0 Å². The Hall–Kier alpha value is -3.87. The van der Waals surface area contributed by atoms with Gasteiger partial charge in [-0.3, -0.25) is 14.4 Å². The summed E-state index contributed by atoms with van der Waals surface area (Å²) in [6.07, 6.45) is 3.29. The van der Waals surface area contributed by atoms with E-state index >= 15 is 0 Å². The summed E-state index contributed by atoms with van der Waals surface area (Å²) >= 11 is 0. The first-order valence-electron chi connectivity index (χ1n) is 10.1. The topological polar surface area (TPSA) is 83.5 Å². The molecule has 3 aromatic rings. The molecule has 156 valence electrons. The van der Waals surface area contributed by atoms with Gasteiger partial charge in [-0.05, 0) is 25.1 Å². The van der Waals surface area contributed by atoms with Crippen molar-refractivity contribution in [1.82, 2.24) is 19.8 Å². The maximum absolute atomic E-state index is 12.9. The molecule has 1 fully saturated rings. The number of carbonyl (C=O) groups excluding carboxylic acids is 3. The second-order valence-electron chi connectivity index (χ2n) is 7.44. The number of Topliss-reactive ketones (excluding diaryl/α,β-unsaturated/α-hetero) is 1. The van der Waals surface area contributed by atoms with Gasteiger partial charge in [0.05, 0.1) is 0 Å². The van der Waals surface area contributed by atoms with Crippen LogP contribution in [0.3, 0.4) is 0 Å². The van der Waals surface area contributed by atoms with Crippen molar-refractivity contribution in [2.75, 3.05) is 19.6 Å². The van der Waals surface area contributed by atoms with Crippen molar-refractivity contribution in [1.29, 1.82) is 0 Å². The Bertz CT molecular complexity index is 1080. The highest BCUT2D eigenvalue weighted by atomic mass is 16.2. The fourth-order valence-corrected chi connectivity index (χ4v) is 3.68. The van der Waals surface area contributed by atoms with E-state index in [1.165, 1.54) is 0 Å². The second-order valence-corrected chi connectivity index (χ2v) is 7.44. The maximum atomic E-state index is 12.9. The molecule has 1 atom stereocenters. The quantitative estimate of drug-likeness (QED) is 0.484. The molecule has 2 amide bonds. The first-order chi connectivity index (χ1) is 15.0. The van der Waals surface area contributed by atoms with Gasteiger partial charge in [0.1, 0.15) is 0 Å². The zero-order chi connectivity index (χ0) is 21.8. The van der Waals surface area contributed by atoms with E-state index in [1.54, 1.807) is 64.7 Å². The van der Waals surface area contributed by atoms with E-state index in [-0.39, 0.29) is 11.9 Å². The van der Waals surface area contributed by atoms with Crippen LogP contribution in [0.15, 0.2) is 73.1 Å². The Morgan fingerprint density at radius 1 is 0.839 bits per heavy atom. The van der Waals surface area contributed by atoms with Gasteiger partial charge in [0, 0.05) is 54.8 Å². The van der Waals surface area contributed by atoms with E-state index in [2.05, 4.69) is 9.97 Å². The van der Waals surface area contributed by atoms with Gasteiger partial charge in [0.25, 0.3) is 11.8 Å². The molecule has 4 rings (SSSR count). The third-order valence-corrected chi connectivity index (χ3v) is 5.36. The predicted octanol–water partition coefficient (Wildman–Crippen LogP) is 2.70. The molecule has 1 aliphatic rings. The van der Waals surface area contributed by atoms with Crippen LogP contribution in [0.1, 0.15) is 27.6 Å². The lowest BCUT2D eigenvalue weighted by Gasteiger charge is -2.39. The molecule has 2 aromatic carbocycles. The smallest absolute Gasteiger partial charge is 0.295 e. The lowest BCUT2D eigenvalue weighted by Crippen LogP contribution is -2.56. The number of hydrogen-bond donors (Lipinski definition) is 0. The molecule has 0 bridgehead atoms. The summed E-state index contributed by atoms with van der Waals surface area (Å²) < 4.78 is 0. The Kier molecular flexibility index (Phi) is 5.84. The summed E-state index contributed by atoms with van der Waals surface area (Å²) in [5.41, 5.74) is 1.71. The average molecular weight is 414 g/mol. The highest BCUT2D eigenvalue weighted by molar-refractivity contribution is 6.42. The number of ketones is 1. The lowest BCUT2D eigenvalue weighted by atomic mass is 10.0. The van der Waals surface area contributed by atoms with Crippen molar-refractivity contribution in [2.45, 2.75) is 13.0 Å². The number of carbonyl (C=O) groups is 3. The van der Waals surface area contributed by atoms with E-state index in [0.29, 0.717) is 36.6 Å². The summed E-state index contributed by atoms with van der Waals surface area (Å²) in [5, 5.41) is 0. The molecule has 0 unspecified atom stereocenters. The Morgan fingerprint density at radius 2 is 1.52 bits per heavy atom. The molecule has 1 aromatic heterocycles. The highest BCUT2D eigenvalue weighted by Crippen LogP contribution is 2.18. The molecule has 0 N–H and O–H groups in total. The van der Waals surface area contributed by atoms with Gasteiger partial charge < -0.3 is 9.80 Å².